The van der Waals surface area contributed by atoms with Crippen molar-refractivity contribution >= 4 is 50.0 Å². The van der Waals surface area contributed by atoms with Crippen molar-refractivity contribution in [1.82, 2.24) is 9.97 Å². The molecule has 0 saturated carbocycles. The molecule has 8 nitrogen and oxygen atoms in total. The number of halogens is 2. The molecule has 12 heteroatoms. The summed E-state index contributed by atoms with van der Waals surface area (Å²) in [6.45, 7) is 3.38. The van der Waals surface area contributed by atoms with Crippen LogP contribution in [0.5, 0.6) is 11.5 Å². The van der Waals surface area contributed by atoms with Crippen LogP contribution in [0.3, 0.4) is 0 Å². The van der Waals surface area contributed by atoms with Crippen molar-refractivity contribution in [1.29, 1.82) is 0 Å². The second-order valence-electron chi connectivity index (χ2n) is 7.63. The maximum absolute atomic E-state index is 13.5. The van der Waals surface area contributed by atoms with E-state index in [0.717, 1.165) is 16.2 Å². The van der Waals surface area contributed by atoms with Crippen molar-refractivity contribution in [3.63, 3.8) is 0 Å². The van der Waals surface area contributed by atoms with E-state index in [0.29, 0.717) is 33.8 Å². The zero-order valence-electron chi connectivity index (χ0n) is 19.3. The van der Waals surface area contributed by atoms with Gasteiger partial charge in [0.15, 0.2) is 21.7 Å². The lowest BCUT2D eigenvalue weighted by Crippen LogP contribution is -2.15. The van der Waals surface area contributed by atoms with Gasteiger partial charge in [-0.25, -0.2) is 14.4 Å². The number of rotatable bonds is 7. The van der Waals surface area contributed by atoms with E-state index in [1.807, 2.05) is 0 Å². The van der Waals surface area contributed by atoms with E-state index < -0.39 is 15.8 Å². The summed E-state index contributed by atoms with van der Waals surface area (Å²) in [4.78, 5) is 13.4. The molecule has 36 heavy (non-hydrogen) atoms. The number of para-hydroxylation sites is 1. The van der Waals surface area contributed by atoms with Gasteiger partial charge in [-0.15, -0.1) is 11.3 Å². The minimum absolute atomic E-state index is 0.0498. The Kier molecular flexibility index (Phi) is 7.25. The molecular formula is C24H20ClFN4O4S2. The van der Waals surface area contributed by atoms with E-state index in [9.17, 15) is 17.9 Å². The number of sulfonamides is 1. The molecule has 0 saturated heterocycles. The summed E-state index contributed by atoms with van der Waals surface area (Å²) in [5.41, 5.74) is 2.26. The molecule has 0 spiro atoms. The Balaban J connectivity index is 1.56. The van der Waals surface area contributed by atoms with Crippen LogP contribution in [0, 0.1) is 19.7 Å². The number of hydrogen-bond donors (Lipinski definition) is 2. The monoisotopic (exact) mass is 546 g/mol. The van der Waals surface area contributed by atoms with Crippen LogP contribution in [0.25, 0.3) is 11.3 Å². The first-order valence-corrected chi connectivity index (χ1v) is 13.1. The zero-order valence-corrected chi connectivity index (χ0v) is 21.7. The van der Waals surface area contributed by atoms with Gasteiger partial charge in [0.2, 0.25) is 0 Å². The van der Waals surface area contributed by atoms with Crippen molar-refractivity contribution in [3.05, 3.63) is 75.5 Å². The Labute approximate surface area is 216 Å². The second kappa shape index (κ2) is 10.2. The number of thiazole rings is 1. The third-order valence-corrected chi connectivity index (χ3v) is 7.79. The Morgan fingerprint density at radius 2 is 2.00 bits per heavy atom. The third kappa shape index (κ3) is 5.32. The number of aryl methyl sites for hydroxylation is 2. The molecule has 2 aromatic carbocycles. The number of phenols is 1. The number of benzene rings is 2. The summed E-state index contributed by atoms with van der Waals surface area (Å²) in [5, 5.41) is 10.1. The number of nitrogens with zero attached hydrogens (tertiary/aromatic N) is 3. The van der Waals surface area contributed by atoms with Crippen molar-refractivity contribution in [3.8, 4) is 22.8 Å². The van der Waals surface area contributed by atoms with Crippen molar-refractivity contribution in [2.45, 2.75) is 18.9 Å². The Bertz CT molecular complexity index is 1590. The van der Waals surface area contributed by atoms with Crippen LogP contribution >= 0.6 is 22.9 Å². The number of methoxy groups -OCH3 is 1. The summed E-state index contributed by atoms with van der Waals surface area (Å²) in [5.74, 6) is -0.300. The summed E-state index contributed by atoms with van der Waals surface area (Å²) >= 11 is 7.01. The molecule has 186 valence electrons. The summed E-state index contributed by atoms with van der Waals surface area (Å²) < 4.78 is 47.1. The quantitative estimate of drug-likeness (QED) is 0.280. The van der Waals surface area contributed by atoms with E-state index in [4.69, 9.17) is 16.3 Å². The smallest absolute Gasteiger partial charge is 0.281 e. The number of nitrogens with one attached hydrogen (secondary N) is 1. The first-order chi connectivity index (χ1) is 17.1. The summed E-state index contributed by atoms with van der Waals surface area (Å²) in [7, 11) is -2.60. The Morgan fingerprint density at radius 1 is 1.22 bits per heavy atom. The van der Waals surface area contributed by atoms with Gasteiger partial charge in [-0.3, -0.25) is 9.71 Å². The highest BCUT2D eigenvalue weighted by Crippen LogP contribution is 2.34. The second-order valence-corrected chi connectivity index (χ2v) is 10.8. The Hall–Kier alpha value is -3.54. The van der Waals surface area contributed by atoms with Gasteiger partial charge in [0.05, 0.1) is 29.7 Å². The van der Waals surface area contributed by atoms with Crippen LogP contribution in [-0.2, 0) is 10.0 Å². The molecule has 2 aromatic heterocycles. The Morgan fingerprint density at radius 3 is 2.69 bits per heavy atom. The van der Waals surface area contributed by atoms with E-state index >= 15 is 0 Å². The molecule has 0 aliphatic carbocycles. The number of pyridine rings is 1. The molecular weight excluding hydrogens is 527 g/mol. The standard InChI is InChI=1S/C24H20ClFN4O4S2/c1-13-9-17(27-11-16-5-4-6-20(34-3)22(16)31)12-28-23(13)36(32,33)30-24-29-21(14(2)35-24)15-7-8-19(26)18(25)10-15/h4-12,31H,1-3H3,(H,29,30)/b27-11+. The number of aromatic hydroxyl groups is 1. The van der Waals surface area contributed by atoms with Gasteiger partial charge >= 0.3 is 0 Å². The molecule has 0 bridgehead atoms. The van der Waals surface area contributed by atoms with Crippen molar-refractivity contribution < 1.29 is 22.7 Å². The molecule has 0 unspecified atom stereocenters. The molecule has 0 aliphatic heterocycles. The first-order valence-electron chi connectivity index (χ1n) is 10.4. The number of aliphatic imine (C=N–C) groups is 1. The minimum Gasteiger partial charge on any atom is -0.504 e. The van der Waals surface area contributed by atoms with E-state index in [2.05, 4.69) is 19.7 Å². The summed E-state index contributed by atoms with van der Waals surface area (Å²) in [6, 6.07) is 10.7. The van der Waals surface area contributed by atoms with Crippen LogP contribution in [0.4, 0.5) is 15.2 Å². The van der Waals surface area contributed by atoms with Gasteiger partial charge in [0.25, 0.3) is 10.0 Å². The van der Waals surface area contributed by atoms with Crippen molar-refractivity contribution in [2.24, 2.45) is 4.99 Å². The highest BCUT2D eigenvalue weighted by Gasteiger charge is 2.22. The summed E-state index contributed by atoms with van der Waals surface area (Å²) in [6.07, 6.45) is 2.75. The van der Waals surface area contributed by atoms with Gasteiger partial charge in [-0.2, -0.15) is 8.42 Å². The maximum Gasteiger partial charge on any atom is 0.281 e. The van der Waals surface area contributed by atoms with Gasteiger partial charge in [-0.05, 0) is 55.8 Å². The lowest BCUT2D eigenvalue weighted by molar-refractivity contribution is 0.373. The number of hydrogen-bond acceptors (Lipinski definition) is 8. The average molecular weight is 547 g/mol. The number of aromatic nitrogens is 2. The van der Waals surface area contributed by atoms with Gasteiger partial charge < -0.3 is 9.84 Å². The van der Waals surface area contributed by atoms with Crippen LogP contribution in [-0.4, -0.2) is 36.8 Å². The SMILES string of the molecule is COc1cccc(/C=N/c2cnc(S(=O)(=O)Nc3nc(-c4ccc(F)c(Cl)c4)c(C)s3)c(C)c2)c1O. The van der Waals surface area contributed by atoms with Gasteiger partial charge in [0.1, 0.15) is 5.82 Å². The van der Waals surface area contributed by atoms with E-state index in [1.165, 1.54) is 37.7 Å². The lowest BCUT2D eigenvalue weighted by Gasteiger charge is -2.08. The molecule has 0 atom stereocenters. The minimum atomic E-state index is -4.05. The number of ether oxygens (including phenoxy) is 1. The van der Waals surface area contributed by atoms with Crippen LogP contribution < -0.4 is 9.46 Å². The van der Waals surface area contributed by atoms with Crippen LogP contribution in [0.1, 0.15) is 16.0 Å². The maximum atomic E-state index is 13.5. The normalized spacial score (nSPS) is 11.7. The fourth-order valence-electron chi connectivity index (χ4n) is 3.37. The molecule has 2 heterocycles. The molecule has 4 aromatic rings. The molecule has 0 fully saturated rings. The fraction of sp³-hybridized carbons (Fsp3) is 0.125. The number of anilines is 1. The molecule has 0 amide bonds. The molecule has 2 N–H and O–H groups in total. The molecule has 4 rings (SSSR count). The fourth-order valence-corrected chi connectivity index (χ4v) is 5.78. The average Bonchev–Trinajstić information content (AvgIpc) is 3.19. The van der Waals surface area contributed by atoms with E-state index in [1.54, 1.807) is 38.1 Å². The largest absolute Gasteiger partial charge is 0.504 e. The molecule has 0 aliphatic rings. The van der Waals surface area contributed by atoms with Crippen LogP contribution in [0.2, 0.25) is 5.02 Å². The predicted octanol–water partition coefficient (Wildman–Crippen LogP) is 5.88. The predicted molar refractivity (Wildman–Crippen MR) is 139 cm³/mol. The van der Waals surface area contributed by atoms with Crippen molar-refractivity contribution in [2.75, 3.05) is 11.8 Å². The zero-order chi connectivity index (χ0) is 26.0. The first kappa shape index (κ1) is 25.5. The lowest BCUT2D eigenvalue weighted by atomic mass is 10.1. The van der Waals surface area contributed by atoms with E-state index in [-0.39, 0.29) is 20.9 Å². The number of phenolic OH excluding ortho intramolecular Hbond substituents is 1. The highest BCUT2D eigenvalue weighted by atomic mass is 35.5. The topological polar surface area (TPSA) is 114 Å². The molecule has 0 radical (unpaired) electrons. The highest BCUT2D eigenvalue weighted by molar-refractivity contribution is 7.92. The third-order valence-electron chi connectivity index (χ3n) is 5.08. The van der Waals surface area contributed by atoms with Crippen LogP contribution in [0.15, 0.2) is 58.7 Å². The van der Waals surface area contributed by atoms with Gasteiger partial charge in [0, 0.05) is 22.2 Å². The van der Waals surface area contributed by atoms with Gasteiger partial charge in [-0.1, -0.05) is 17.7 Å².